The zero-order valence-corrected chi connectivity index (χ0v) is 16.0. The number of nitrogens with zero attached hydrogens (tertiary/aromatic N) is 2. The number of carbonyl (C=O) groups excluding carboxylic acids is 2. The summed E-state index contributed by atoms with van der Waals surface area (Å²) in [7, 11) is 0. The van der Waals surface area contributed by atoms with Crippen molar-refractivity contribution < 1.29 is 23.5 Å². The number of hydrogen-bond donors (Lipinski definition) is 0. The summed E-state index contributed by atoms with van der Waals surface area (Å²) in [4.78, 5) is 36.8. The molecule has 28 heavy (non-hydrogen) atoms. The third-order valence-corrected chi connectivity index (χ3v) is 4.12. The molecule has 1 aromatic carbocycles. The number of rotatable bonds is 7. The summed E-state index contributed by atoms with van der Waals surface area (Å²) >= 11 is 0. The average molecular weight is 388 g/mol. The van der Waals surface area contributed by atoms with Gasteiger partial charge in [-0.05, 0) is 32.4 Å². The second kappa shape index (κ2) is 9.13. The van der Waals surface area contributed by atoms with Gasteiger partial charge in [0.15, 0.2) is 5.92 Å². The Hall–Kier alpha value is -3.21. The summed E-state index contributed by atoms with van der Waals surface area (Å²) in [5.74, 6) is -4.01. The molecule has 0 bridgehead atoms. The van der Waals surface area contributed by atoms with E-state index in [1.165, 1.54) is 12.3 Å². The maximum atomic E-state index is 14.7. The van der Waals surface area contributed by atoms with Crippen LogP contribution in [0.1, 0.15) is 49.0 Å². The number of halogens is 1. The fourth-order valence-corrected chi connectivity index (χ4v) is 2.90. The van der Waals surface area contributed by atoms with Gasteiger partial charge in [0.2, 0.25) is 5.43 Å². The van der Waals surface area contributed by atoms with E-state index in [4.69, 9.17) is 9.47 Å². The standard InChI is InChI=1S/C20H21FN2O5/c1-4-7-23-11-15(20(26)28-6-3)18(24)13-8-16(21)12(9-17(13)23)14(10-22)19(25)27-5-2/h8-9,11,14H,4-7H2,1-3H3. The van der Waals surface area contributed by atoms with Gasteiger partial charge in [-0.3, -0.25) is 9.59 Å². The van der Waals surface area contributed by atoms with Crippen LogP contribution >= 0.6 is 0 Å². The lowest BCUT2D eigenvalue weighted by atomic mass is 9.97. The molecule has 1 atom stereocenters. The first kappa shape index (κ1) is 21.1. The number of ether oxygens (including phenoxy) is 2. The molecule has 0 fully saturated rings. The monoisotopic (exact) mass is 388 g/mol. The van der Waals surface area contributed by atoms with Crippen molar-refractivity contribution in [3.8, 4) is 6.07 Å². The Morgan fingerprint density at radius 2 is 1.89 bits per heavy atom. The van der Waals surface area contributed by atoms with Gasteiger partial charge in [0.05, 0.1) is 24.8 Å². The van der Waals surface area contributed by atoms with Crippen molar-refractivity contribution in [1.82, 2.24) is 4.57 Å². The highest BCUT2D eigenvalue weighted by atomic mass is 19.1. The van der Waals surface area contributed by atoms with E-state index >= 15 is 0 Å². The highest BCUT2D eigenvalue weighted by Gasteiger charge is 2.27. The van der Waals surface area contributed by atoms with Gasteiger partial charge < -0.3 is 14.0 Å². The molecule has 0 aliphatic rings. The minimum absolute atomic E-state index is 0.0270. The fourth-order valence-electron chi connectivity index (χ4n) is 2.90. The molecule has 0 radical (unpaired) electrons. The SMILES string of the molecule is CCCn1cc(C(=O)OCC)c(=O)c2cc(F)c(C(C#N)C(=O)OCC)cc21. The summed E-state index contributed by atoms with van der Waals surface area (Å²) in [5, 5.41) is 9.30. The molecular formula is C20H21FN2O5. The molecule has 0 aliphatic heterocycles. The van der Waals surface area contributed by atoms with Crippen LogP contribution in [0.3, 0.4) is 0 Å². The Kier molecular flexibility index (Phi) is 6.88. The van der Waals surface area contributed by atoms with Crippen molar-refractivity contribution in [3.63, 3.8) is 0 Å². The lowest BCUT2D eigenvalue weighted by Gasteiger charge is -2.15. The van der Waals surface area contributed by atoms with Gasteiger partial charge in [-0.2, -0.15) is 5.26 Å². The number of aryl methyl sites for hydroxylation is 1. The van der Waals surface area contributed by atoms with Crippen LogP contribution in [-0.4, -0.2) is 29.7 Å². The van der Waals surface area contributed by atoms with E-state index in [0.717, 1.165) is 6.07 Å². The van der Waals surface area contributed by atoms with E-state index in [1.807, 2.05) is 6.92 Å². The van der Waals surface area contributed by atoms with Crippen LogP contribution in [0.5, 0.6) is 0 Å². The number of benzene rings is 1. The smallest absolute Gasteiger partial charge is 0.343 e. The molecule has 2 rings (SSSR count). The van der Waals surface area contributed by atoms with Crippen LogP contribution in [0.2, 0.25) is 0 Å². The number of fused-ring (bicyclic) bond motifs is 1. The van der Waals surface area contributed by atoms with Crippen molar-refractivity contribution in [1.29, 1.82) is 5.26 Å². The molecule has 1 aromatic heterocycles. The van der Waals surface area contributed by atoms with Gasteiger partial charge in [-0.15, -0.1) is 0 Å². The quantitative estimate of drug-likeness (QED) is 0.677. The lowest BCUT2D eigenvalue weighted by molar-refractivity contribution is -0.143. The topological polar surface area (TPSA) is 98.4 Å². The Bertz CT molecular complexity index is 1010. The third kappa shape index (κ3) is 4.03. The molecule has 0 aliphatic carbocycles. The number of pyridine rings is 1. The summed E-state index contributed by atoms with van der Waals surface area (Å²) in [5.41, 5.74) is -0.726. The first-order valence-electron chi connectivity index (χ1n) is 8.99. The van der Waals surface area contributed by atoms with Crippen LogP contribution in [0.25, 0.3) is 10.9 Å². The van der Waals surface area contributed by atoms with Crippen LogP contribution in [0, 0.1) is 17.1 Å². The van der Waals surface area contributed by atoms with Crippen molar-refractivity contribution in [2.24, 2.45) is 0 Å². The van der Waals surface area contributed by atoms with Crippen LogP contribution in [0.4, 0.5) is 4.39 Å². The second-order valence-corrected chi connectivity index (χ2v) is 5.99. The Labute approximate surface area is 161 Å². The van der Waals surface area contributed by atoms with Crippen LogP contribution in [0.15, 0.2) is 23.1 Å². The maximum Gasteiger partial charge on any atom is 0.343 e. The molecule has 0 N–H and O–H groups in total. The van der Waals surface area contributed by atoms with E-state index in [9.17, 15) is 24.0 Å². The van der Waals surface area contributed by atoms with Crippen molar-refractivity contribution in [3.05, 3.63) is 45.5 Å². The molecule has 2 aromatic rings. The molecule has 1 unspecified atom stereocenters. The van der Waals surface area contributed by atoms with E-state index < -0.39 is 29.1 Å². The lowest BCUT2D eigenvalue weighted by Crippen LogP contribution is -2.22. The predicted octanol–water partition coefficient (Wildman–Crippen LogP) is 2.90. The number of aromatic nitrogens is 1. The molecule has 148 valence electrons. The van der Waals surface area contributed by atoms with E-state index in [1.54, 1.807) is 24.5 Å². The summed E-state index contributed by atoms with van der Waals surface area (Å²) < 4.78 is 26.1. The van der Waals surface area contributed by atoms with Crippen molar-refractivity contribution >= 4 is 22.8 Å². The van der Waals surface area contributed by atoms with Gasteiger partial charge in [-0.25, -0.2) is 9.18 Å². The highest BCUT2D eigenvalue weighted by Crippen LogP contribution is 2.25. The average Bonchev–Trinajstić information content (AvgIpc) is 2.66. The Morgan fingerprint density at radius 1 is 1.21 bits per heavy atom. The van der Waals surface area contributed by atoms with Crippen molar-refractivity contribution in [2.45, 2.75) is 39.7 Å². The van der Waals surface area contributed by atoms with Gasteiger partial charge in [0.25, 0.3) is 0 Å². The largest absolute Gasteiger partial charge is 0.465 e. The zero-order valence-electron chi connectivity index (χ0n) is 16.0. The van der Waals surface area contributed by atoms with Crippen LogP contribution in [-0.2, 0) is 20.8 Å². The minimum Gasteiger partial charge on any atom is -0.465 e. The second-order valence-electron chi connectivity index (χ2n) is 5.99. The van der Waals surface area contributed by atoms with E-state index in [2.05, 4.69) is 0 Å². The highest BCUT2D eigenvalue weighted by molar-refractivity contribution is 5.94. The van der Waals surface area contributed by atoms with Gasteiger partial charge in [0.1, 0.15) is 11.4 Å². The maximum absolute atomic E-state index is 14.7. The number of nitriles is 1. The summed E-state index contributed by atoms with van der Waals surface area (Å²) in [6, 6.07) is 3.99. The normalized spacial score (nSPS) is 11.7. The van der Waals surface area contributed by atoms with E-state index in [0.29, 0.717) is 18.5 Å². The van der Waals surface area contributed by atoms with E-state index in [-0.39, 0.29) is 29.7 Å². The van der Waals surface area contributed by atoms with Crippen molar-refractivity contribution in [2.75, 3.05) is 13.2 Å². The van der Waals surface area contributed by atoms with Gasteiger partial charge >= 0.3 is 11.9 Å². The number of esters is 2. The van der Waals surface area contributed by atoms with Crippen LogP contribution < -0.4 is 5.43 Å². The minimum atomic E-state index is -1.46. The molecule has 0 amide bonds. The number of hydrogen-bond acceptors (Lipinski definition) is 6. The molecular weight excluding hydrogens is 367 g/mol. The first-order chi connectivity index (χ1) is 13.4. The third-order valence-electron chi connectivity index (χ3n) is 4.12. The Morgan fingerprint density at radius 3 is 2.46 bits per heavy atom. The molecule has 8 heteroatoms. The summed E-state index contributed by atoms with van der Waals surface area (Å²) in [6.45, 7) is 5.68. The predicted molar refractivity (Wildman–Crippen MR) is 99.4 cm³/mol. The number of carbonyl (C=O) groups is 2. The molecule has 1 heterocycles. The van der Waals surface area contributed by atoms with Gasteiger partial charge in [0, 0.05) is 23.7 Å². The molecule has 0 saturated carbocycles. The first-order valence-corrected chi connectivity index (χ1v) is 8.99. The fraction of sp³-hybridized carbons (Fsp3) is 0.400. The summed E-state index contributed by atoms with van der Waals surface area (Å²) in [6.07, 6.45) is 2.03. The molecule has 7 nitrogen and oxygen atoms in total. The van der Waals surface area contributed by atoms with Gasteiger partial charge in [-0.1, -0.05) is 6.92 Å². The molecule has 0 saturated heterocycles. The molecule has 0 spiro atoms. The Balaban J connectivity index is 2.76. The zero-order chi connectivity index (χ0) is 20.8.